The van der Waals surface area contributed by atoms with Crippen molar-refractivity contribution in [1.82, 2.24) is 16.0 Å². The summed E-state index contributed by atoms with van der Waals surface area (Å²) in [5.74, 6) is -4.61. The van der Waals surface area contributed by atoms with E-state index in [0.717, 1.165) is 36.4 Å². The molecule has 0 saturated carbocycles. The summed E-state index contributed by atoms with van der Waals surface area (Å²) in [5, 5.41) is 73.9. The predicted molar refractivity (Wildman–Crippen MR) is 151 cm³/mol. The van der Waals surface area contributed by atoms with Crippen molar-refractivity contribution in [3.63, 3.8) is 0 Å². The molecule has 24 nitrogen and oxygen atoms in total. The van der Waals surface area contributed by atoms with Crippen LogP contribution in [0.5, 0.6) is 11.5 Å². The number of hydrogen-bond donors (Lipinski definition) is 7. The minimum absolute atomic E-state index is 0. The molecule has 25 heteroatoms. The van der Waals surface area contributed by atoms with Crippen LogP contribution >= 0.6 is 0 Å². The van der Waals surface area contributed by atoms with Crippen molar-refractivity contribution in [2.75, 3.05) is 6.67 Å². The third kappa shape index (κ3) is 9.60. The monoisotopic (exact) mass is 697 g/mol. The van der Waals surface area contributed by atoms with Gasteiger partial charge in [0, 0.05) is 28.9 Å². The molecule has 245 valence electrons. The molecule has 0 bridgehead atoms. The van der Waals surface area contributed by atoms with Crippen molar-refractivity contribution in [2.24, 2.45) is 41.3 Å². The number of aliphatic imine (C=N–C) groups is 2. The van der Waals surface area contributed by atoms with Crippen LogP contribution in [0.25, 0.3) is 4.95 Å². The molecule has 2 aliphatic rings. The Balaban J connectivity index is 0.000000320. The van der Waals surface area contributed by atoms with Crippen molar-refractivity contribution < 1.29 is 56.3 Å². The fourth-order valence-corrected chi connectivity index (χ4v) is 3.15. The maximum absolute atomic E-state index is 11.7. The Morgan fingerprint density at radius 3 is 1.72 bits per heavy atom. The molecule has 1 unspecified atom stereocenters. The standard InChI is InChI=1S/C11H7N7O5.C11H11N7O5.Co/c1-12-17-11-13-9(20)8(10(21)14-11)16-15-6-3-2-5(18(22)23)4-7(6)19;12-4-13-11-14-9(20)8(10(21)15-11)17-16-6-2-1-5(18(22)23)3-7(6)19;/h2-4,8,19H,(H2,13,14,17,20,21);1-3,8,19H,4,12H2,(H2,13,14,15,20,21);. The SMILES string of the molecule is NCN=C1NC(=O)C(N=Nc2ccc([N+](=O)[O-])cc2O)C(=O)N1.[C-]#[N+]/N=C1\N=C(O)C(N=Nc2ccc([N+](=O)[O-])cc2O)C(=O)N1.[Co]. The fraction of sp³-hybridized carbons (Fsp3) is 0.136. The smallest absolute Gasteiger partial charge is 0.313 e. The Hall–Kier alpha value is -6.78. The van der Waals surface area contributed by atoms with Crippen LogP contribution in [-0.2, 0) is 31.2 Å². The molecule has 2 aliphatic heterocycles. The number of azo groups is 2. The van der Waals surface area contributed by atoms with E-state index < -0.39 is 57.0 Å². The molecular weight excluding hydrogens is 679 g/mol. The number of nitro benzene ring substituents is 2. The van der Waals surface area contributed by atoms with E-state index in [2.05, 4.69) is 56.4 Å². The van der Waals surface area contributed by atoms with Crippen LogP contribution in [0.15, 0.2) is 71.9 Å². The van der Waals surface area contributed by atoms with E-state index in [1.165, 1.54) is 0 Å². The van der Waals surface area contributed by atoms with Gasteiger partial charge in [0.1, 0.15) is 28.0 Å². The van der Waals surface area contributed by atoms with E-state index in [1.807, 2.05) is 0 Å². The predicted octanol–water partition coefficient (Wildman–Crippen LogP) is 0.298. The van der Waals surface area contributed by atoms with Crippen molar-refractivity contribution >= 4 is 58.3 Å². The van der Waals surface area contributed by atoms with Crippen molar-refractivity contribution in [3.05, 3.63) is 68.2 Å². The van der Waals surface area contributed by atoms with Gasteiger partial charge in [-0.3, -0.25) is 50.6 Å². The number of nitrogens with one attached hydrogen (secondary N) is 3. The molecule has 8 N–H and O–H groups in total. The van der Waals surface area contributed by atoms with E-state index >= 15 is 0 Å². The van der Waals surface area contributed by atoms with Crippen molar-refractivity contribution in [2.45, 2.75) is 12.1 Å². The van der Waals surface area contributed by atoms with Gasteiger partial charge in [-0.2, -0.15) is 32.0 Å². The number of benzene rings is 2. The summed E-state index contributed by atoms with van der Waals surface area (Å²) in [6.45, 7) is 6.38. The van der Waals surface area contributed by atoms with Crippen LogP contribution in [0, 0.1) is 26.8 Å². The summed E-state index contributed by atoms with van der Waals surface area (Å²) in [4.78, 5) is 64.6. The average molecular weight is 697 g/mol. The van der Waals surface area contributed by atoms with Gasteiger partial charge < -0.3 is 21.1 Å². The molecule has 1 saturated heterocycles. The fourth-order valence-electron chi connectivity index (χ4n) is 3.15. The van der Waals surface area contributed by atoms with Crippen molar-refractivity contribution in [3.8, 4) is 11.5 Å². The second-order valence-corrected chi connectivity index (χ2v) is 8.25. The molecule has 47 heavy (non-hydrogen) atoms. The van der Waals surface area contributed by atoms with Gasteiger partial charge >= 0.3 is 5.96 Å². The number of hydrogen-bond acceptors (Lipinski definition) is 16. The molecule has 0 spiro atoms. The number of aliphatic hydroxyl groups is 1. The number of rotatable bonds is 7. The zero-order valence-corrected chi connectivity index (χ0v) is 23.9. The van der Waals surface area contributed by atoms with Gasteiger partial charge in [-0.1, -0.05) is 0 Å². The molecule has 3 amide bonds. The Labute approximate surface area is 270 Å². The molecular formula is C22H18CoN14O10. The van der Waals surface area contributed by atoms with Crippen molar-refractivity contribution in [1.29, 1.82) is 0 Å². The Morgan fingerprint density at radius 2 is 1.32 bits per heavy atom. The Bertz CT molecular complexity index is 1780. The molecule has 1 radical (unpaired) electrons. The van der Waals surface area contributed by atoms with Gasteiger partial charge in [-0.15, -0.1) is 4.95 Å². The van der Waals surface area contributed by atoms with Crippen LogP contribution in [0.2, 0.25) is 0 Å². The number of phenols is 2. The van der Waals surface area contributed by atoms with Gasteiger partial charge in [0.05, 0.1) is 28.6 Å². The van der Waals surface area contributed by atoms with E-state index in [4.69, 9.17) is 12.3 Å². The normalized spacial score (nSPS) is 18.1. The number of nitro groups is 2. The van der Waals surface area contributed by atoms with Gasteiger partial charge in [0.2, 0.25) is 23.9 Å². The molecule has 2 heterocycles. The number of phenolic OH excluding ortho intramolecular Hbond substituents is 2. The quantitative estimate of drug-likeness (QED) is 0.0678. The Kier molecular flexibility index (Phi) is 12.7. The number of non-ortho nitro benzene ring substituents is 2. The van der Waals surface area contributed by atoms with Crippen LogP contribution in [0.3, 0.4) is 0 Å². The van der Waals surface area contributed by atoms with Crippen LogP contribution < -0.4 is 21.7 Å². The third-order valence-electron chi connectivity index (χ3n) is 5.22. The molecule has 0 aliphatic carbocycles. The van der Waals surface area contributed by atoms with Gasteiger partial charge in [-0.25, -0.2) is 4.99 Å². The molecule has 2 aromatic carbocycles. The van der Waals surface area contributed by atoms with E-state index in [9.17, 15) is 49.9 Å². The number of carbonyl (C=O) groups is 3. The molecule has 1 atom stereocenters. The molecule has 4 rings (SSSR count). The first-order chi connectivity index (χ1) is 21.8. The van der Waals surface area contributed by atoms with E-state index in [0.29, 0.717) is 0 Å². The average Bonchev–Trinajstić information content (AvgIpc) is 2.98. The van der Waals surface area contributed by atoms with E-state index in [-0.39, 0.29) is 58.1 Å². The second kappa shape index (κ2) is 16.3. The minimum atomic E-state index is -1.49. The number of aliphatic hydroxyl groups excluding tert-OH is 1. The largest absolute Gasteiger partial charge is 0.505 e. The third-order valence-corrected chi connectivity index (χ3v) is 5.22. The first-order valence-corrected chi connectivity index (χ1v) is 12.0. The van der Waals surface area contributed by atoms with E-state index in [1.54, 1.807) is 0 Å². The maximum atomic E-state index is 11.7. The Morgan fingerprint density at radius 1 is 0.851 bits per heavy atom. The second-order valence-electron chi connectivity index (χ2n) is 8.25. The summed E-state index contributed by atoms with van der Waals surface area (Å²) in [6.07, 6.45) is 0. The summed E-state index contributed by atoms with van der Waals surface area (Å²) in [6, 6.07) is 3.21. The topological polar surface area (TPSA) is 351 Å². The zero-order valence-electron chi connectivity index (χ0n) is 22.9. The number of carbonyl (C=O) groups excluding carboxylic acids is 3. The first kappa shape index (κ1) is 36.4. The van der Waals surface area contributed by atoms with Crippen LogP contribution in [0.1, 0.15) is 0 Å². The van der Waals surface area contributed by atoms with Gasteiger partial charge in [-0.05, 0) is 12.1 Å². The summed E-state index contributed by atoms with van der Waals surface area (Å²) in [5.41, 5.74) is 4.21. The number of guanidine groups is 2. The zero-order chi connectivity index (χ0) is 34.0. The summed E-state index contributed by atoms with van der Waals surface area (Å²) < 4.78 is 0. The molecule has 2 aromatic rings. The van der Waals surface area contributed by atoms with Crippen LogP contribution in [-0.4, -0.2) is 79.5 Å². The van der Waals surface area contributed by atoms with Gasteiger partial charge in [0.25, 0.3) is 29.1 Å². The minimum Gasteiger partial charge on any atom is -0.505 e. The number of nitrogens with two attached hydrogens (primary N) is 1. The summed E-state index contributed by atoms with van der Waals surface area (Å²) >= 11 is 0. The molecule has 1 fully saturated rings. The number of nitrogens with zero attached hydrogens (tertiary/aromatic N) is 10. The maximum Gasteiger partial charge on any atom is 0.313 e. The van der Waals surface area contributed by atoms with Crippen LogP contribution in [0.4, 0.5) is 22.7 Å². The van der Waals surface area contributed by atoms with Gasteiger partial charge in [0.15, 0.2) is 0 Å². The number of aromatic hydroxyl groups is 2. The molecule has 0 aromatic heterocycles. The first-order valence-electron chi connectivity index (χ1n) is 12.0. The summed E-state index contributed by atoms with van der Waals surface area (Å²) in [7, 11) is 0. The number of amides is 3.